The maximum atomic E-state index is 12.8. The number of methoxy groups -OCH3 is 1. The van der Waals surface area contributed by atoms with Crippen molar-refractivity contribution in [3.05, 3.63) is 35.6 Å². The second-order valence-electron chi connectivity index (χ2n) is 4.35. The maximum Gasteiger partial charge on any atom is 0.206 e. The highest BCUT2D eigenvalue weighted by Gasteiger charge is 2.08. The number of rotatable bonds is 5. The Labute approximate surface area is 113 Å². The molecule has 0 heterocycles. The van der Waals surface area contributed by atoms with E-state index in [0.717, 1.165) is 5.56 Å². The first-order valence-electron chi connectivity index (χ1n) is 6.12. The SMILES string of the molecule is COCC(C)NC(=NC(C)c1ccc(F)cc1)NN. The molecular weight excluding hydrogens is 247 g/mol. The molecule has 2 unspecified atom stereocenters. The fourth-order valence-electron chi connectivity index (χ4n) is 1.65. The standard InChI is InChI=1S/C13H21FN4O/c1-9(8-19-3)16-13(18-15)17-10(2)11-4-6-12(14)7-5-11/h4-7,9-10H,8,15H2,1-3H3,(H2,16,17,18). The number of nitrogens with zero attached hydrogens (tertiary/aromatic N) is 1. The molecule has 0 saturated heterocycles. The second-order valence-corrected chi connectivity index (χ2v) is 4.35. The number of aliphatic imine (C=N–C) groups is 1. The number of halogens is 1. The Bertz CT molecular complexity index is 408. The lowest BCUT2D eigenvalue weighted by molar-refractivity contribution is 0.179. The van der Waals surface area contributed by atoms with Crippen molar-refractivity contribution in [3.8, 4) is 0 Å². The molecule has 6 heteroatoms. The average Bonchev–Trinajstić information content (AvgIpc) is 2.38. The Morgan fingerprint density at radius 1 is 1.37 bits per heavy atom. The van der Waals surface area contributed by atoms with Gasteiger partial charge in [-0.25, -0.2) is 15.2 Å². The molecule has 5 nitrogen and oxygen atoms in total. The van der Waals surface area contributed by atoms with Gasteiger partial charge >= 0.3 is 0 Å². The topological polar surface area (TPSA) is 71.7 Å². The zero-order valence-electron chi connectivity index (χ0n) is 11.5. The van der Waals surface area contributed by atoms with E-state index in [9.17, 15) is 4.39 Å². The Hall–Kier alpha value is -1.66. The molecule has 0 bridgehead atoms. The summed E-state index contributed by atoms with van der Waals surface area (Å²) in [5.74, 6) is 5.64. The normalized spacial score (nSPS) is 14.9. The van der Waals surface area contributed by atoms with E-state index in [-0.39, 0.29) is 17.9 Å². The van der Waals surface area contributed by atoms with Crippen LogP contribution in [0.5, 0.6) is 0 Å². The molecule has 1 aromatic rings. The van der Waals surface area contributed by atoms with Gasteiger partial charge in [0.15, 0.2) is 0 Å². The van der Waals surface area contributed by atoms with E-state index in [0.29, 0.717) is 12.6 Å². The van der Waals surface area contributed by atoms with Crippen LogP contribution in [-0.2, 0) is 4.74 Å². The highest BCUT2D eigenvalue weighted by atomic mass is 19.1. The Balaban J connectivity index is 2.71. The zero-order valence-corrected chi connectivity index (χ0v) is 11.5. The monoisotopic (exact) mass is 268 g/mol. The highest BCUT2D eigenvalue weighted by molar-refractivity contribution is 5.79. The van der Waals surface area contributed by atoms with Crippen LogP contribution in [0, 0.1) is 5.82 Å². The van der Waals surface area contributed by atoms with E-state index in [2.05, 4.69) is 15.7 Å². The molecule has 0 aliphatic rings. The number of hydrogen-bond acceptors (Lipinski definition) is 3. The molecule has 0 amide bonds. The molecule has 0 aliphatic heterocycles. The van der Waals surface area contributed by atoms with Crippen molar-refractivity contribution < 1.29 is 9.13 Å². The van der Waals surface area contributed by atoms with Crippen molar-refractivity contribution in [2.45, 2.75) is 25.9 Å². The average molecular weight is 268 g/mol. The molecule has 19 heavy (non-hydrogen) atoms. The Morgan fingerprint density at radius 2 is 2.00 bits per heavy atom. The van der Waals surface area contributed by atoms with Crippen molar-refractivity contribution in [3.63, 3.8) is 0 Å². The predicted molar refractivity (Wildman–Crippen MR) is 74.0 cm³/mol. The van der Waals surface area contributed by atoms with Crippen LogP contribution in [0.4, 0.5) is 4.39 Å². The molecular formula is C13H21FN4O. The van der Waals surface area contributed by atoms with E-state index in [4.69, 9.17) is 10.6 Å². The summed E-state index contributed by atoms with van der Waals surface area (Å²) in [7, 11) is 1.63. The van der Waals surface area contributed by atoms with Crippen LogP contribution < -0.4 is 16.6 Å². The summed E-state index contributed by atoms with van der Waals surface area (Å²) in [6.07, 6.45) is 0. The van der Waals surface area contributed by atoms with Gasteiger partial charge in [0.05, 0.1) is 12.6 Å². The first-order chi connectivity index (χ1) is 9.06. The fourth-order valence-corrected chi connectivity index (χ4v) is 1.65. The van der Waals surface area contributed by atoms with Gasteiger partial charge in [-0.1, -0.05) is 12.1 Å². The predicted octanol–water partition coefficient (Wildman–Crippen LogP) is 1.33. The summed E-state index contributed by atoms with van der Waals surface area (Å²) >= 11 is 0. The van der Waals surface area contributed by atoms with Crippen molar-refractivity contribution in [2.24, 2.45) is 10.8 Å². The van der Waals surface area contributed by atoms with Crippen molar-refractivity contribution in [2.75, 3.05) is 13.7 Å². The second kappa shape index (κ2) is 7.70. The Kier molecular flexibility index (Phi) is 6.24. The van der Waals surface area contributed by atoms with Crippen LogP contribution in [0.15, 0.2) is 29.3 Å². The highest BCUT2D eigenvalue weighted by Crippen LogP contribution is 2.16. The van der Waals surface area contributed by atoms with Crippen molar-refractivity contribution in [1.82, 2.24) is 10.7 Å². The van der Waals surface area contributed by atoms with Crippen LogP contribution in [0.1, 0.15) is 25.5 Å². The molecule has 0 saturated carbocycles. The number of benzene rings is 1. The molecule has 1 rings (SSSR count). The summed E-state index contributed by atoms with van der Waals surface area (Å²) in [5.41, 5.74) is 3.43. The van der Waals surface area contributed by atoms with Crippen LogP contribution in [0.25, 0.3) is 0 Å². The molecule has 0 aliphatic carbocycles. The number of hydrogen-bond donors (Lipinski definition) is 3. The van der Waals surface area contributed by atoms with E-state index >= 15 is 0 Å². The fraction of sp³-hybridized carbons (Fsp3) is 0.462. The Morgan fingerprint density at radius 3 is 2.53 bits per heavy atom. The quantitative estimate of drug-likeness (QED) is 0.326. The van der Waals surface area contributed by atoms with E-state index in [1.54, 1.807) is 19.2 Å². The van der Waals surface area contributed by atoms with Gasteiger partial charge in [-0.05, 0) is 31.5 Å². The summed E-state index contributed by atoms with van der Waals surface area (Å²) < 4.78 is 17.9. The first kappa shape index (κ1) is 15.4. The summed E-state index contributed by atoms with van der Waals surface area (Å²) in [6, 6.07) is 6.19. The minimum Gasteiger partial charge on any atom is -0.383 e. The summed E-state index contributed by atoms with van der Waals surface area (Å²) in [4.78, 5) is 4.41. The number of hydrazine groups is 1. The van der Waals surface area contributed by atoms with Crippen molar-refractivity contribution >= 4 is 5.96 Å². The number of nitrogens with two attached hydrogens (primary N) is 1. The number of guanidine groups is 1. The summed E-state index contributed by atoms with van der Waals surface area (Å²) in [6.45, 7) is 4.41. The van der Waals surface area contributed by atoms with Gasteiger partial charge in [-0.15, -0.1) is 0 Å². The van der Waals surface area contributed by atoms with E-state index < -0.39 is 0 Å². The van der Waals surface area contributed by atoms with Crippen LogP contribution in [0.3, 0.4) is 0 Å². The lowest BCUT2D eigenvalue weighted by atomic mass is 10.1. The molecule has 0 fully saturated rings. The molecule has 0 radical (unpaired) electrons. The molecule has 1 aromatic carbocycles. The third kappa shape index (κ3) is 5.23. The number of nitrogens with one attached hydrogen (secondary N) is 2. The van der Waals surface area contributed by atoms with Crippen LogP contribution >= 0.6 is 0 Å². The lowest BCUT2D eigenvalue weighted by Crippen LogP contribution is -2.47. The van der Waals surface area contributed by atoms with E-state index in [1.807, 2.05) is 13.8 Å². The third-order valence-corrected chi connectivity index (χ3v) is 2.61. The van der Waals surface area contributed by atoms with Gasteiger partial charge in [-0.2, -0.15) is 0 Å². The molecule has 106 valence electrons. The van der Waals surface area contributed by atoms with Crippen molar-refractivity contribution in [1.29, 1.82) is 0 Å². The van der Waals surface area contributed by atoms with Gasteiger partial charge in [0.1, 0.15) is 5.82 Å². The van der Waals surface area contributed by atoms with Crippen LogP contribution in [0.2, 0.25) is 0 Å². The van der Waals surface area contributed by atoms with Gasteiger partial charge in [0, 0.05) is 13.2 Å². The third-order valence-electron chi connectivity index (χ3n) is 2.61. The molecule has 4 N–H and O–H groups in total. The minimum atomic E-state index is -0.260. The van der Waals surface area contributed by atoms with E-state index in [1.165, 1.54) is 12.1 Å². The lowest BCUT2D eigenvalue weighted by Gasteiger charge is -2.17. The molecule has 2 atom stereocenters. The molecule has 0 aromatic heterocycles. The van der Waals surface area contributed by atoms with Gasteiger partial charge < -0.3 is 10.1 Å². The smallest absolute Gasteiger partial charge is 0.206 e. The minimum absolute atomic E-state index is 0.0835. The van der Waals surface area contributed by atoms with Crippen LogP contribution in [-0.4, -0.2) is 25.7 Å². The van der Waals surface area contributed by atoms with Gasteiger partial charge in [-0.3, -0.25) is 5.43 Å². The van der Waals surface area contributed by atoms with Gasteiger partial charge in [0.25, 0.3) is 0 Å². The zero-order chi connectivity index (χ0) is 14.3. The molecule has 0 spiro atoms. The number of ether oxygens (including phenoxy) is 1. The summed E-state index contributed by atoms with van der Waals surface area (Å²) in [5, 5.41) is 3.09. The largest absolute Gasteiger partial charge is 0.383 e. The maximum absolute atomic E-state index is 12.8. The van der Waals surface area contributed by atoms with Gasteiger partial charge in [0.2, 0.25) is 5.96 Å². The first-order valence-corrected chi connectivity index (χ1v) is 6.12.